The molecule has 0 atom stereocenters. The smallest absolute Gasteiger partial charge is 0.161 e. The van der Waals surface area contributed by atoms with Crippen molar-refractivity contribution in [2.24, 2.45) is 5.16 Å². The lowest BCUT2D eigenvalue weighted by Crippen LogP contribution is -2.05. The van der Waals surface area contributed by atoms with Crippen molar-refractivity contribution < 1.29 is 19.1 Å². The molecule has 0 spiro atoms. The van der Waals surface area contributed by atoms with E-state index in [2.05, 4.69) is 5.16 Å². The molecule has 1 heterocycles. The number of benzene rings is 2. The first kappa shape index (κ1) is 15.9. The number of methoxy groups -OCH3 is 2. The standard InChI is InChI=1S/C19H19NO4/c1-11-7-12(2)19-14(20-21)10-16(24-18(19)8-11)13-5-6-15(22-3)17(9-13)23-4/h5-10,21H,1-4H3/b20-14+. The monoisotopic (exact) mass is 325 g/mol. The topological polar surface area (TPSA) is 64.2 Å². The van der Waals surface area contributed by atoms with Gasteiger partial charge in [-0.15, -0.1) is 0 Å². The predicted octanol–water partition coefficient (Wildman–Crippen LogP) is 4.02. The van der Waals surface area contributed by atoms with E-state index in [0.29, 0.717) is 28.2 Å². The number of ether oxygens (including phenoxy) is 2. The van der Waals surface area contributed by atoms with Crippen LogP contribution in [0.5, 0.6) is 11.5 Å². The number of fused-ring (bicyclic) bond motifs is 1. The van der Waals surface area contributed by atoms with Crippen LogP contribution in [-0.4, -0.2) is 19.4 Å². The van der Waals surface area contributed by atoms with Crippen LogP contribution in [0.2, 0.25) is 0 Å². The normalized spacial score (nSPS) is 11.8. The molecule has 3 aromatic rings. The lowest BCUT2D eigenvalue weighted by atomic mass is 10.0. The molecule has 3 rings (SSSR count). The van der Waals surface area contributed by atoms with Gasteiger partial charge < -0.3 is 19.1 Å². The molecule has 0 aliphatic carbocycles. The molecule has 0 saturated heterocycles. The zero-order valence-electron chi connectivity index (χ0n) is 14.1. The Hall–Kier alpha value is -2.95. The molecule has 124 valence electrons. The van der Waals surface area contributed by atoms with E-state index in [1.807, 2.05) is 44.2 Å². The third kappa shape index (κ3) is 2.69. The van der Waals surface area contributed by atoms with E-state index < -0.39 is 0 Å². The van der Waals surface area contributed by atoms with E-state index in [4.69, 9.17) is 13.9 Å². The van der Waals surface area contributed by atoms with Gasteiger partial charge in [-0.3, -0.25) is 0 Å². The second kappa shape index (κ2) is 6.28. The molecular weight excluding hydrogens is 306 g/mol. The fourth-order valence-corrected chi connectivity index (χ4v) is 2.89. The highest BCUT2D eigenvalue weighted by molar-refractivity contribution is 5.82. The van der Waals surface area contributed by atoms with Crippen LogP contribution in [-0.2, 0) is 0 Å². The fraction of sp³-hybridized carbons (Fsp3) is 0.211. The van der Waals surface area contributed by atoms with Crippen molar-refractivity contribution in [2.45, 2.75) is 13.8 Å². The van der Waals surface area contributed by atoms with Crippen LogP contribution in [0.25, 0.3) is 22.3 Å². The van der Waals surface area contributed by atoms with Crippen molar-refractivity contribution in [3.8, 4) is 22.8 Å². The van der Waals surface area contributed by atoms with Crippen molar-refractivity contribution in [3.05, 3.63) is 52.9 Å². The van der Waals surface area contributed by atoms with Crippen LogP contribution in [0.15, 0.2) is 46.0 Å². The Bertz CT molecular complexity index is 973. The molecule has 2 aromatic carbocycles. The maximum Gasteiger partial charge on any atom is 0.161 e. The Kier molecular flexibility index (Phi) is 4.16. The van der Waals surface area contributed by atoms with Gasteiger partial charge in [0.05, 0.1) is 14.2 Å². The second-order valence-electron chi connectivity index (χ2n) is 5.62. The molecule has 0 aliphatic rings. The summed E-state index contributed by atoms with van der Waals surface area (Å²) in [5.74, 6) is 1.83. The maximum absolute atomic E-state index is 9.42. The van der Waals surface area contributed by atoms with Crippen LogP contribution < -0.4 is 14.8 Å². The van der Waals surface area contributed by atoms with Crippen LogP contribution in [0.3, 0.4) is 0 Å². The first-order valence-electron chi connectivity index (χ1n) is 7.53. The molecule has 5 heteroatoms. The summed E-state index contributed by atoms with van der Waals surface area (Å²) in [6.07, 6.45) is 0. The molecule has 5 nitrogen and oxygen atoms in total. The van der Waals surface area contributed by atoms with E-state index >= 15 is 0 Å². The molecule has 0 unspecified atom stereocenters. The molecule has 0 aliphatic heterocycles. The summed E-state index contributed by atoms with van der Waals surface area (Å²) >= 11 is 0. The van der Waals surface area contributed by atoms with E-state index in [1.165, 1.54) is 0 Å². The summed E-state index contributed by atoms with van der Waals surface area (Å²) in [5, 5.41) is 14.1. The number of hydrogen-bond donors (Lipinski definition) is 1. The molecule has 0 amide bonds. The lowest BCUT2D eigenvalue weighted by Gasteiger charge is -2.11. The van der Waals surface area contributed by atoms with Crippen molar-refractivity contribution in [1.29, 1.82) is 0 Å². The molecule has 0 saturated carbocycles. The highest BCUT2D eigenvalue weighted by Gasteiger charge is 2.12. The van der Waals surface area contributed by atoms with Crippen molar-refractivity contribution in [1.82, 2.24) is 0 Å². The summed E-state index contributed by atoms with van der Waals surface area (Å²) in [7, 11) is 3.17. The van der Waals surface area contributed by atoms with Gasteiger partial charge in [-0.05, 0) is 49.2 Å². The van der Waals surface area contributed by atoms with Gasteiger partial charge in [0.15, 0.2) is 11.5 Å². The van der Waals surface area contributed by atoms with Gasteiger partial charge in [0.2, 0.25) is 0 Å². The van der Waals surface area contributed by atoms with E-state index in [9.17, 15) is 5.21 Å². The van der Waals surface area contributed by atoms with Gasteiger partial charge in [0, 0.05) is 17.0 Å². The third-order valence-electron chi connectivity index (χ3n) is 3.96. The van der Waals surface area contributed by atoms with Gasteiger partial charge in [-0.1, -0.05) is 11.2 Å². The number of nitrogens with zero attached hydrogens (tertiary/aromatic N) is 1. The van der Waals surface area contributed by atoms with Crippen molar-refractivity contribution >= 4 is 11.0 Å². The first-order chi connectivity index (χ1) is 11.6. The summed E-state index contributed by atoms with van der Waals surface area (Å²) in [6, 6.07) is 11.2. The highest BCUT2D eigenvalue weighted by Crippen LogP contribution is 2.33. The van der Waals surface area contributed by atoms with Gasteiger partial charge in [0.1, 0.15) is 16.7 Å². The number of aryl methyl sites for hydroxylation is 2. The Morgan fingerprint density at radius 3 is 2.38 bits per heavy atom. The largest absolute Gasteiger partial charge is 0.493 e. The summed E-state index contributed by atoms with van der Waals surface area (Å²) in [4.78, 5) is 0. The molecular formula is C19H19NO4. The average molecular weight is 325 g/mol. The van der Waals surface area contributed by atoms with Gasteiger partial charge in [0.25, 0.3) is 0 Å². The van der Waals surface area contributed by atoms with Crippen LogP contribution in [0.4, 0.5) is 0 Å². The first-order valence-corrected chi connectivity index (χ1v) is 7.53. The minimum Gasteiger partial charge on any atom is -0.493 e. The van der Waals surface area contributed by atoms with Crippen LogP contribution in [0, 0.1) is 13.8 Å². The van der Waals surface area contributed by atoms with E-state index in [-0.39, 0.29) is 0 Å². The van der Waals surface area contributed by atoms with Gasteiger partial charge >= 0.3 is 0 Å². The molecule has 0 radical (unpaired) electrons. The van der Waals surface area contributed by atoms with E-state index in [1.54, 1.807) is 20.3 Å². The summed E-state index contributed by atoms with van der Waals surface area (Å²) in [6.45, 7) is 3.97. The Balaban J connectivity index is 2.28. The zero-order chi connectivity index (χ0) is 17.3. The van der Waals surface area contributed by atoms with Crippen LogP contribution >= 0.6 is 0 Å². The Labute approximate surface area is 139 Å². The quantitative estimate of drug-likeness (QED) is 0.583. The predicted molar refractivity (Wildman–Crippen MR) is 91.6 cm³/mol. The fourth-order valence-electron chi connectivity index (χ4n) is 2.89. The number of hydrogen-bond acceptors (Lipinski definition) is 5. The molecule has 1 N–H and O–H groups in total. The highest BCUT2D eigenvalue weighted by atomic mass is 16.5. The molecule has 24 heavy (non-hydrogen) atoms. The molecule has 1 aromatic heterocycles. The molecule has 0 bridgehead atoms. The Morgan fingerprint density at radius 2 is 1.71 bits per heavy atom. The SMILES string of the molecule is COc1ccc(-c2c/c(=N\O)c3c(C)cc(C)cc3o2)cc1OC. The average Bonchev–Trinajstić information content (AvgIpc) is 2.59. The van der Waals surface area contributed by atoms with Crippen molar-refractivity contribution in [3.63, 3.8) is 0 Å². The minimum atomic E-state index is 0.471. The second-order valence-corrected chi connectivity index (χ2v) is 5.62. The van der Waals surface area contributed by atoms with Crippen LogP contribution in [0.1, 0.15) is 11.1 Å². The maximum atomic E-state index is 9.42. The minimum absolute atomic E-state index is 0.471. The van der Waals surface area contributed by atoms with Gasteiger partial charge in [-0.25, -0.2) is 0 Å². The lowest BCUT2D eigenvalue weighted by molar-refractivity contribution is 0.302. The number of rotatable bonds is 3. The Morgan fingerprint density at radius 1 is 0.958 bits per heavy atom. The van der Waals surface area contributed by atoms with Crippen molar-refractivity contribution in [2.75, 3.05) is 14.2 Å². The van der Waals surface area contributed by atoms with Gasteiger partial charge in [-0.2, -0.15) is 0 Å². The summed E-state index contributed by atoms with van der Waals surface area (Å²) < 4.78 is 16.7. The van der Waals surface area contributed by atoms with E-state index in [0.717, 1.165) is 22.1 Å². The third-order valence-corrected chi connectivity index (χ3v) is 3.96. The molecule has 0 fully saturated rings. The zero-order valence-corrected chi connectivity index (χ0v) is 14.1. The summed E-state index contributed by atoms with van der Waals surface area (Å²) in [5.41, 5.74) is 3.56.